The number of nitro benzene ring substituents is 1. The van der Waals surface area contributed by atoms with Gasteiger partial charge in [0, 0.05) is 17.2 Å². The molecule has 0 saturated carbocycles. The van der Waals surface area contributed by atoms with E-state index in [2.05, 4.69) is 0 Å². The number of hydrogen-bond donors (Lipinski definition) is 0. The second-order valence-electron chi connectivity index (χ2n) is 5.08. The molecule has 0 aliphatic carbocycles. The fraction of sp³-hybridized carbons (Fsp3) is 0.176. The van der Waals surface area contributed by atoms with E-state index in [4.69, 9.17) is 9.47 Å². The van der Waals surface area contributed by atoms with E-state index < -0.39 is 35.7 Å². The molecule has 7 nitrogen and oxygen atoms in total. The lowest BCUT2D eigenvalue weighted by molar-refractivity contribution is -0.385. The molecular weight excluding hydrogens is 333 g/mol. The summed E-state index contributed by atoms with van der Waals surface area (Å²) in [6.07, 6.45) is 0. The molecule has 2 aromatic rings. The van der Waals surface area contributed by atoms with Crippen molar-refractivity contribution in [2.24, 2.45) is 0 Å². The number of rotatable bonds is 7. The van der Waals surface area contributed by atoms with Gasteiger partial charge in [0.1, 0.15) is 11.6 Å². The Labute approximate surface area is 142 Å². The van der Waals surface area contributed by atoms with Crippen LogP contribution in [0, 0.1) is 22.9 Å². The van der Waals surface area contributed by atoms with Gasteiger partial charge < -0.3 is 9.47 Å². The van der Waals surface area contributed by atoms with E-state index in [9.17, 15) is 24.1 Å². The predicted octanol–water partition coefficient (Wildman–Crippen LogP) is 2.85. The van der Waals surface area contributed by atoms with E-state index >= 15 is 0 Å². The molecule has 2 aromatic carbocycles. The fourth-order valence-electron chi connectivity index (χ4n) is 1.92. The first kappa shape index (κ1) is 18.1. The largest absolute Gasteiger partial charge is 0.482 e. The van der Waals surface area contributed by atoms with Gasteiger partial charge in [-0.05, 0) is 31.2 Å². The number of Topliss-reactive ketones (excluding diaryl/α,β-unsaturated/α-hetero) is 1. The molecule has 0 amide bonds. The highest BCUT2D eigenvalue weighted by molar-refractivity contribution is 5.98. The number of carbonyl (C=O) groups excluding carboxylic acids is 2. The van der Waals surface area contributed by atoms with Crippen LogP contribution in [0.1, 0.15) is 15.9 Å². The number of nitro groups is 1. The first-order valence-electron chi connectivity index (χ1n) is 7.19. The van der Waals surface area contributed by atoms with Crippen LogP contribution in [0.25, 0.3) is 0 Å². The van der Waals surface area contributed by atoms with Gasteiger partial charge >= 0.3 is 5.97 Å². The van der Waals surface area contributed by atoms with Crippen LogP contribution in [0.5, 0.6) is 5.75 Å². The van der Waals surface area contributed by atoms with Crippen molar-refractivity contribution < 1.29 is 28.4 Å². The average molecular weight is 347 g/mol. The summed E-state index contributed by atoms with van der Waals surface area (Å²) in [6.45, 7) is 0.540. The molecule has 130 valence electrons. The summed E-state index contributed by atoms with van der Waals surface area (Å²) in [5.74, 6) is -1.52. The van der Waals surface area contributed by atoms with E-state index in [-0.39, 0.29) is 17.0 Å². The average Bonchev–Trinajstić information content (AvgIpc) is 2.59. The van der Waals surface area contributed by atoms with Crippen molar-refractivity contribution in [1.29, 1.82) is 0 Å². The van der Waals surface area contributed by atoms with Crippen molar-refractivity contribution in [3.63, 3.8) is 0 Å². The van der Waals surface area contributed by atoms with Gasteiger partial charge in [-0.2, -0.15) is 0 Å². The number of carbonyl (C=O) groups is 2. The molecule has 0 aliphatic rings. The van der Waals surface area contributed by atoms with E-state index in [1.165, 1.54) is 36.4 Å². The van der Waals surface area contributed by atoms with Gasteiger partial charge in [-0.25, -0.2) is 9.18 Å². The Bertz CT molecular complexity index is 803. The summed E-state index contributed by atoms with van der Waals surface area (Å²) < 4.78 is 22.6. The second kappa shape index (κ2) is 8.00. The number of esters is 1. The van der Waals surface area contributed by atoms with Crippen molar-refractivity contribution in [2.45, 2.75) is 6.92 Å². The third-order valence-corrected chi connectivity index (χ3v) is 3.26. The standard InChI is InChI=1S/C17H14FNO6/c1-11-2-3-12(8-15(11)19(22)23)16(20)9-25-17(21)10-24-14-6-4-13(18)5-7-14/h2-8H,9-10H2,1H3. The SMILES string of the molecule is Cc1ccc(C(=O)COC(=O)COc2ccc(F)cc2)cc1[N+](=O)[O-]. The minimum atomic E-state index is -0.792. The van der Waals surface area contributed by atoms with Crippen molar-refractivity contribution in [3.8, 4) is 5.75 Å². The molecule has 0 unspecified atom stereocenters. The van der Waals surface area contributed by atoms with Crippen LogP contribution in [0.3, 0.4) is 0 Å². The Hall–Kier alpha value is -3.29. The minimum Gasteiger partial charge on any atom is -0.482 e. The summed E-state index contributed by atoms with van der Waals surface area (Å²) in [5, 5.41) is 10.9. The number of benzene rings is 2. The van der Waals surface area contributed by atoms with Crippen LogP contribution in [0.4, 0.5) is 10.1 Å². The summed E-state index contributed by atoms with van der Waals surface area (Å²) in [5.41, 5.74) is 0.313. The smallest absolute Gasteiger partial charge is 0.344 e. The van der Waals surface area contributed by atoms with Gasteiger partial charge in [0.25, 0.3) is 5.69 Å². The monoisotopic (exact) mass is 347 g/mol. The zero-order chi connectivity index (χ0) is 18.4. The lowest BCUT2D eigenvalue weighted by atomic mass is 10.1. The zero-order valence-corrected chi connectivity index (χ0v) is 13.2. The normalized spacial score (nSPS) is 10.2. The van der Waals surface area contributed by atoms with Gasteiger partial charge in [-0.15, -0.1) is 0 Å². The van der Waals surface area contributed by atoms with Gasteiger partial charge in [0.2, 0.25) is 5.78 Å². The van der Waals surface area contributed by atoms with E-state index in [0.29, 0.717) is 5.56 Å². The lowest BCUT2D eigenvalue weighted by Crippen LogP contribution is -2.19. The molecule has 0 spiro atoms. The molecular formula is C17H14FNO6. The van der Waals surface area contributed by atoms with E-state index in [1.807, 2.05) is 0 Å². The molecule has 0 N–H and O–H groups in total. The number of ether oxygens (including phenoxy) is 2. The van der Waals surface area contributed by atoms with Crippen LogP contribution in [-0.4, -0.2) is 29.9 Å². The molecule has 0 saturated heterocycles. The van der Waals surface area contributed by atoms with E-state index in [0.717, 1.165) is 6.07 Å². The summed E-state index contributed by atoms with van der Waals surface area (Å²) >= 11 is 0. The number of hydrogen-bond acceptors (Lipinski definition) is 6. The Morgan fingerprint density at radius 1 is 1.12 bits per heavy atom. The molecule has 0 aliphatic heterocycles. The molecule has 0 fully saturated rings. The topological polar surface area (TPSA) is 95.7 Å². The lowest BCUT2D eigenvalue weighted by Gasteiger charge is -2.07. The van der Waals surface area contributed by atoms with E-state index in [1.54, 1.807) is 6.92 Å². The summed E-state index contributed by atoms with van der Waals surface area (Å²) in [7, 11) is 0. The van der Waals surface area contributed by atoms with Gasteiger partial charge in [0.05, 0.1) is 4.92 Å². The van der Waals surface area contributed by atoms with Crippen molar-refractivity contribution >= 4 is 17.4 Å². The maximum Gasteiger partial charge on any atom is 0.344 e. The maximum atomic E-state index is 12.7. The fourth-order valence-corrected chi connectivity index (χ4v) is 1.92. The highest BCUT2D eigenvalue weighted by atomic mass is 19.1. The Kier molecular flexibility index (Phi) is 5.78. The van der Waals surface area contributed by atoms with Crippen LogP contribution >= 0.6 is 0 Å². The molecule has 25 heavy (non-hydrogen) atoms. The Balaban J connectivity index is 1.87. The molecule has 0 bridgehead atoms. The first-order chi connectivity index (χ1) is 11.9. The van der Waals surface area contributed by atoms with Crippen molar-refractivity contribution in [3.05, 3.63) is 69.5 Å². The van der Waals surface area contributed by atoms with Gasteiger partial charge in [-0.3, -0.25) is 14.9 Å². The Morgan fingerprint density at radius 2 is 1.80 bits per heavy atom. The number of nitrogens with zero attached hydrogens (tertiary/aromatic N) is 1. The zero-order valence-electron chi connectivity index (χ0n) is 13.2. The highest BCUT2D eigenvalue weighted by Gasteiger charge is 2.16. The van der Waals surface area contributed by atoms with Crippen LogP contribution < -0.4 is 4.74 Å². The highest BCUT2D eigenvalue weighted by Crippen LogP contribution is 2.19. The molecule has 0 aromatic heterocycles. The molecule has 0 heterocycles. The van der Waals surface area contributed by atoms with Crippen LogP contribution in [-0.2, 0) is 9.53 Å². The van der Waals surface area contributed by atoms with Crippen LogP contribution in [0.15, 0.2) is 42.5 Å². The third kappa shape index (κ3) is 5.10. The number of ketones is 1. The summed E-state index contributed by atoms with van der Waals surface area (Å²) in [6, 6.07) is 9.06. The third-order valence-electron chi connectivity index (χ3n) is 3.26. The maximum absolute atomic E-state index is 12.7. The minimum absolute atomic E-state index is 0.0737. The Morgan fingerprint density at radius 3 is 2.44 bits per heavy atom. The molecule has 0 atom stereocenters. The molecule has 0 radical (unpaired) electrons. The predicted molar refractivity (Wildman–Crippen MR) is 85.0 cm³/mol. The summed E-state index contributed by atoms with van der Waals surface area (Å²) in [4.78, 5) is 33.8. The van der Waals surface area contributed by atoms with Crippen molar-refractivity contribution in [1.82, 2.24) is 0 Å². The number of aryl methyl sites for hydroxylation is 1. The van der Waals surface area contributed by atoms with Gasteiger partial charge in [-0.1, -0.05) is 12.1 Å². The second-order valence-corrected chi connectivity index (χ2v) is 5.08. The van der Waals surface area contributed by atoms with Crippen molar-refractivity contribution in [2.75, 3.05) is 13.2 Å². The first-order valence-corrected chi connectivity index (χ1v) is 7.19. The quantitative estimate of drug-likeness (QED) is 0.331. The number of halogens is 1. The molecule has 8 heteroatoms. The molecule has 2 rings (SSSR count). The van der Waals surface area contributed by atoms with Gasteiger partial charge in [0.15, 0.2) is 13.2 Å². The van der Waals surface area contributed by atoms with Crippen LogP contribution in [0.2, 0.25) is 0 Å².